The van der Waals surface area contributed by atoms with Gasteiger partial charge >= 0.3 is 23.9 Å². The molecular formula is C50H76N4O12. The van der Waals surface area contributed by atoms with Crippen molar-refractivity contribution in [2.75, 3.05) is 78.5 Å². The van der Waals surface area contributed by atoms with Gasteiger partial charge in [-0.1, -0.05) is 25.7 Å². The fourth-order valence-electron chi connectivity index (χ4n) is 13.0. The highest BCUT2D eigenvalue weighted by molar-refractivity contribution is 5.90. The standard InChI is InChI=1S/2C19H32N2.3C4H4O4/c2*1-2-8-19(7-1)17-11-20(9-15-3-4-15)12-18(19)14-21(13-17)10-16-5-6-16;3*5-3(6)1-2-4(7)8/h2*15-18H,1-14H2;3*1-2H,(H,5,6)(H,7,8)/b;;3*2-1+. The molecule has 6 N–H and O–H groups in total. The summed E-state index contributed by atoms with van der Waals surface area (Å²) < 4.78 is 0. The Bertz CT molecular complexity index is 1480. The van der Waals surface area contributed by atoms with Crippen molar-refractivity contribution in [3.05, 3.63) is 36.5 Å². The normalized spacial score (nSPS) is 30.5. The molecule has 0 radical (unpaired) electrons. The van der Waals surface area contributed by atoms with E-state index in [9.17, 15) is 39.0 Å². The first-order chi connectivity index (χ1) is 31.5. The minimum absolute atomic E-state index is 0.384. The predicted molar refractivity (Wildman–Crippen MR) is 239 cm³/mol. The minimum atomic E-state index is -1.55. The van der Waals surface area contributed by atoms with E-state index in [0.29, 0.717) is 36.5 Å². The zero-order valence-corrected chi connectivity index (χ0v) is 38.8. The molecule has 368 valence electrons. The highest BCUT2D eigenvalue weighted by Gasteiger charge is 2.58. The maximum absolute atomic E-state index is 9.55. The molecular weight excluding hydrogens is 849 g/mol. The third-order valence-electron chi connectivity index (χ3n) is 16.4. The maximum atomic E-state index is 9.55. The lowest BCUT2D eigenvalue weighted by molar-refractivity contribution is -0.919. The second-order valence-corrected chi connectivity index (χ2v) is 21.6. The quantitative estimate of drug-likeness (QED) is 0.127. The molecule has 4 unspecified atom stereocenters. The number of nitrogens with zero attached hydrogens (tertiary/aromatic N) is 2. The van der Waals surface area contributed by atoms with Crippen LogP contribution in [0.2, 0.25) is 0 Å². The van der Waals surface area contributed by atoms with E-state index in [0.717, 1.165) is 58.2 Å². The fourth-order valence-corrected chi connectivity index (χ4v) is 13.0. The fraction of sp³-hybridized carbons (Fsp3) is 0.760. The summed E-state index contributed by atoms with van der Waals surface area (Å²) >= 11 is 0. The van der Waals surface area contributed by atoms with Gasteiger partial charge in [0, 0.05) is 99.1 Å². The molecule has 6 aliphatic carbocycles. The summed E-state index contributed by atoms with van der Waals surface area (Å²) in [6.07, 6.45) is 27.7. The molecule has 66 heavy (non-hydrogen) atoms. The van der Waals surface area contributed by atoms with Crippen LogP contribution in [0.3, 0.4) is 0 Å². The molecule has 6 saturated carbocycles. The molecule has 10 fully saturated rings. The van der Waals surface area contributed by atoms with Crippen LogP contribution in [0.25, 0.3) is 0 Å². The van der Waals surface area contributed by atoms with Crippen LogP contribution >= 0.6 is 0 Å². The number of rotatable bonds is 14. The number of hydrogen-bond acceptors (Lipinski definition) is 10. The highest BCUT2D eigenvalue weighted by Crippen LogP contribution is 2.55. The Hall–Kier alpha value is -4.12. The van der Waals surface area contributed by atoms with Crippen LogP contribution < -0.4 is 20.0 Å². The van der Waals surface area contributed by atoms with E-state index in [1.54, 1.807) is 25.7 Å². The van der Waals surface area contributed by atoms with Crippen molar-refractivity contribution in [2.24, 2.45) is 58.2 Å². The van der Waals surface area contributed by atoms with Crippen LogP contribution in [0.1, 0.15) is 103 Å². The molecule has 0 aromatic rings. The van der Waals surface area contributed by atoms with Gasteiger partial charge in [-0.15, -0.1) is 0 Å². The number of carbonyl (C=O) groups is 6. The molecule has 4 atom stereocenters. The van der Waals surface area contributed by atoms with E-state index in [2.05, 4.69) is 9.80 Å². The molecule has 4 aliphatic heterocycles. The number of nitrogens with one attached hydrogen (secondary N) is 2. The predicted octanol–water partition coefficient (Wildman–Crippen LogP) is 0.0926. The van der Waals surface area contributed by atoms with Gasteiger partial charge in [-0.3, -0.25) is 0 Å². The summed E-state index contributed by atoms with van der Waals surface area (Å²) in [5.41, 5.74) is 1.60. The first kappa shape index (κ1) is 51.3. The van der Waals surface area contributed by atoms with Gasteiger partial charge in [-0.25, -0.2) is 19.2 Å². The third kappa shape index (κ3) is 16.3. The minimum Gasteiger partial charge on any atom is -0.545 e. The molecule has 4 saturated heterocycles. The molecule has 4 bridgehead atoms. The summed E-state index contributed by atoms with van der Waals surface area (Å²) in [6, 6.07) is 0. The first-order valence-corrected chi connectivity index (χ1v) is 25.0. The van der Waals surface area contributed by atoms with Gasteiger partial charge in [0.2, 0.25) is 0 Å². The van der Waals surface area contributed by atoms with E-state index < -0.39 is 35.8 Å². The molecule has 10 aliphatic rings. The average Bonchev–Trinajstić information content (AvgIpc) is 4.03. The van der Waals surface area contributed by atoms with E-state index >= 15 is 0 Å². The maximum Gasteiger partial charge on any atom is 0.328 e. The summed E-state index contributed by atoms with van der Waals surface area (Å²) in [5.74, 6) is 0.432. The van der Waals surface area contributed by atoms with Crippen molar-refractivity contribution in [1.82, 2.24) is 9.80 Å². The van der Waals surface area contributed by atoms with E-state index in [1.165, 1.54) is 156 Å². The second kappa shape index (κ2) is 23.7. The molecule has 0 aromatic heterocycles. The van der Waals surface area contributed by atoms with E-state index in [1.807, 2.05) is 9.80 Å². The molecule has 2 spiro atoms. The lowest BCUT2D eigenvalue weighted by Crippen LogP contribution is -3.16. The van der Waals surface area contributed by atoms with Gasteiger partial charge in [0.05, 0.1) is 51.2 Å². The van der Waals surface area contributed by atoms with Crippen molar-refractivity contribution < 1.29 is 69.2 Å². The number of carbonyl (C=O) groups excluding carboxylic acids is 2. The van der Waals surface area contributed by atoms with Gasteiger partial charge in [-0.05, 0) is 112 Å². The zero-order valence-electron chi connectivity index (χ0n) is 38.8. The van der Waals surface area contributed by atoms with Crippen LogP contribution in [0.15, 0.2) is 36.5 Å². The lowest BCUT2D eigenvalue weighted by atomic mass is 9.60. The first-order valence-electron chi connectivity index (χ1n) is 25.0. The van der Waals surface area contributed by atoms with Crippen molar-refractivity contribution in [3.8, 4) is 0 Å². The monoisotopic (exact) mass is 925 g/mol. The van der Waals surface area contributed by atoms with Crippen LogP contribution in [0.5, 0.6) is 0 Å². The molecule has 0 amide bonds. The smallest absolute Gasteiger partial charge is 0.328 e. The average molecular weight is 925 g/mol. The number of carboxylic acid groups (broad SMARTS) is 6. The number of carboxylic acids is 6. The van der Waals surface area contributed by atoms with Gasteiger partial charge in [-0.2, -0.15) is 0 Å². The number of hydrogen-bond donors (Lipinski definition) is 6. The SMILES string of the molecule is C1CCC2(C1)C1CN(CC3CC3)CC2C[NH+](CC2CC2)C1.C1CCC2(C1)C1CN(CC3CC3)CC2C[NH+](CC2CC2)C1.O=C(O)/C=C/C(=O)O.O=C(O)/C=C/C(=O)O.O=C([O-])/C=C/C(=O)[O-]. The Morgan fingerprint density at radius 3 is 0.909 bits per heavy atom. The van der Waals surface area contributed by atoms with Gasteiger partial charge in [0.1, 0.15) is 0 Å². The Kier molecular flexibility index (Phi) is 18.4. The van der Waals surface area contributed by atoms with E-state index in [4.69, 9.17) is 20.4 Å². The third-order valence-corrected chi connectivity index (χ3v) is 16.4. The Morgan fingerprint density at radius 1 is 0.439 bits per heavy atom. The zero-order chi connectivity index (χ0) is 47.4. The van der Waals surface area contributed by atoms with Crippen molar-refractivity contribution in [2.45, 2.75) is 103 Å². The van der Waals surface area contributed by atoms with Crippen LogP contribution in [0, 0.1) is 58.2 Å². The summed E-state index contributed by atoms with van der Waals surface area (Å²) in [7, 11) is 0. The van der Waals surface area contributed by atoms with Crippen molar-refractivity contribution in [3.63, 3.8) is 0 Å². The summed E-state index contributed by atoms with van der Waals surface area (Å²) in [5, 5.41) is 50.1. The number of piperidine rings is 4. The molecule has 10 rings (SSSR count). The van der Waals surface area contributed by atoms with E-state index in [-0.39, 0.29) is 0 Å². The number of likely N-dealkylation sites (tertiary alicyclic amines) is 4. The Morgan fingerprint density at radius 2 is 0.697 bits per heavy atom. The molecule has 0 aromatic carbocycles. The lowest BCUT2D eigenvalue weighted by Gasteiger charge is -2.55. The van der Waals surface area contributed by atoms with Crippen LogP contribution in [-0.2, 0) is 28.8 Å². The molecule has 16 heteroatoms. The second-order valence-electron chi connectivity index (χ2n) is 21.6. The molecule has 4 heterocycles. The van der Waals surface area contributed by atoms with Crippen molar-refractivity contribution >= 4 is 35.8 Å². The topological polar surface area (TPSA) is 245 Å². The van der Waals surface area contributed by atoms with Crippen LogP contribution in [0.4, 0.5) is 0 Å². The van der Waals surface area contributed by atoms with Crippen LogP contribution in [-0.4, -0.2) is 145 Å². The Labute approximate surface area is 389 Å². The highest BCUT2D eigenvalue weighted by atomic mass is 16.4. The molecule has 16 nitrogen and oxygen atoms in total. The van der Waals surface area contributed by atoms with Gasteiger partial charge in [0.15, 0.2) is 0 Å². The van der Waals surface area contributed by atoms with Gasteiger partial charge < -0.3 is 59.8 Å². The largest absolute Gasteiger partial charge is 0.545 e. The van der Waals surface area contributed by atoms with Gasteiger partial charge in [0.25, 0.3) is 0 Å². The summed E-state index contributed by atoms with van der Waals surface area (Å²) in [4.78, 5) is 66.8. The Balaban J connectivity index is 0.000000149. The van der Waals surface area contributed by atoms with Crippen molar-refractivity contribution in [1.29, 1.82) is 0 Å². The summed E-state index contributed by atoms with van der Waals surface area (Å²) in [6.45, 7) is 17.9. The number of aliphatic carboxylic acids is 6. The number of quaternary nitrogens is 2.